The number of hydrogen-bond acceptors (Lipinski definition) is 6. The zero-order valence-electron chi connectivity index (χ0n) is 13.5. The molecule has 130 valence electrons. The van der Waals surface area contributed by atoms with Crippen molar-refractivity contribution in [1.82, 2.24) is 0 Å². The summed E-state index contributed by atoms with van der Waals surface area (Å²) in [5, 5.41) is 3.68. The molecule has 0 radical (unpaired) electrons. The number of methoxy groups -OCH3 is 1. The molecule has 0 aliphatic carbocycles. The van der Waals surface area contributed by atoms with E-state index in [2.05, 4.69) is 21.1 Å². The molecule has 0 amide bonds. The summed E-state index contributed by atoms with van der Waals surface area (Å²) < 4.78 is 10.8. The molecular formula is C18H16BrNO5. The van der Waals surface area contributed by atoms with Crippen molar-refractivity contribution < 1.29 is 23.9 Å². The lowest BCUT2D eigenvalue weighted by molar-refractivity contribution is -0.147. The van der Waals surface area contributed by atoms with Crippen LogP contribution in [0.15, 0.2) is 58.2 Å². The number of Topliss-reactive ketones (excluding diaryl/α,β-unsaturated/α-hetero) is 1. The number of halogens is 1. The van der Waals surface area contributed by atoms with E-state index in [1.54, 1.807) is 55.6 Å². The fraction of sp³-hybridized carbons (Fsp3) is 0.167. The third-order valence-corrected chi connectivity index (χ3v) is 3.63. The lowest BCUT2D eigenvalue weighted by Crippen LogP contribution is -2.17. The molecule has 25 heavy (non-hydrogen) atoms. The summed E-state index contributed by atoms with van der Waals surface area (Å²) in [7, 11) is 1.58. The van der Waals surface area contributed by atoms with Gasteiger partial charge in [-0.15, -0.1) is 0 Å². The minimum Gasteiger partial charge on any atom is -0.497 e. The number of benzene rings is 2. The van der Waals surface area contributed by atoms with E-state index in [0.717, 1.165) is 15.8 Å². The number of carbonyl (C=O) groups is 2. The number of nitrogens with zero attached hydrogens (tertiary/aromatic N) is 1. The highest BCUT2D eigenvalue weighted by Gasteiger charge is 2.10. The molecule has 0 aliphatic heterocycles. The minimum atomic E-state index is -0.669. The van der Waals surface area contributed by atoms with E-state index in [1.165, 1.54) is 6.21 Å². The van der Waals surface area contributed by atoms with Gasteiger partial charge in [-0.2, -0.15) is 0 Å². The van der Waals surface area contributed by atoms with Gasteiger partial charge < -0.3 is 14.3 Å². The number of esters is 1. The summed E-state index contributed by atoms with van der Waals surface area (Å²) >= 11 is 3.28. The van der Waals surface area contributed by atoms with Crippen molar-refractivity contribution in [3.63, 3.8) is 0 Å². The van der Waals surface area contributed by atoms with Gasteiger partial charge in [0.2, 0.25) is 6.61 Å². The summed E-state index contributed by atoms with van der Waals surface area (Å²) in [6.45, 7) is -0.716. The fourth-order valence-corrected chi connectivity index (χ4v) is 2.05. The third kappa shape index (κ3) is 6.39. The molecular weight excluding hydrogens is 390 g/mol. The van der Waals surface area contributed by atoms with E-state index in [4.69, 9.17) is 14.3 Å². The van der Waals surface area contributed by atoms with E-state index in [9.17, 15) is 9.59 Å². The summed E-state index contributed by atoms with van der Waals surface area (Å²) in [5.41, 5.74) is 1.26. The molecule has 0 saturated carbocycles. The Hall–Kier alpha value is -2.67. The maximum Gasteiger partial charge on any atom is 0.347 e. The molecule has 0 spiro atoms. The molecule has 0 atom stereocenters. The predicted molar refractivity (Wildman–Crippen MR) is 96.0 cm³/mol. The molecule has 2 aromatic rings. The van der Waals surface area contributed by atoms with E-state index < -0.39 is 5.97 Å². The summed E-state index contributed by atoms with van der Waals surface area (Å²) in [4.78, 5) is 28.2. The first kappa shape index (κ1) is 18.7. The lowest BCUT2D eigenvalue weighted by atomic mass is 10.1. The summed E-state index contributed by atoms with van der Waals surface area (Å²) in [5.74, 6) is -0.225. The van der Waals surface area contributed by atoms with Gasteiger partial charge in [0.15, 0.2) is 12.4 Å². The van der Waals surface area contributed by atoms with Gasteiger partial charge >= 0.3 is 5.97 Å². The van der Waals surface area contributed by atoms with Crippen LogP contribution in [0.2, 0.25) is 0 Å². The Labute approximate surface area is 153 Å². The monoisotopic (exact) mass is 405 g/mol. The van der Waals surface area contributed by atoms with Gasteiger partial charge in [0.25, 0.3) is 0 Å². The smallest absolute Gasteiger partial charge is 0.347 e. The second-order valence-electron chi connectivity index (χ2n) is 4.87. The van der Waals surface area contributed by atoms with E-state index in [1.807, 2.05) is 0 Å². The standard InChI is InChI=1S/C18H16BrNO5/c1-23-16-8-2-13(3-9-16)10-20-25-12-18(22)24-11-17(21)14-4-6-15(19)7-5-14/h2-10H,11-12H2,1H3/b20-10-. The van der Waals surface area contributed by atoms with Crippen LogP contribution in [0.3, 0.4) is 0 Å². The molecule has 0 heterocycles. The van der Waals surface area contributed by atoms with Gasteiger partial charge in [0.05, 0.1) is 13.3 Å². The van der Waals surface area contributed by atoms with Crippen LogP contribution in [0.5, 0.6) is 5.75 Å². The zero-order chi connectivity index (χ0) is 18.1. The van der Waals surface area contributed by atoms with Crippen LogP contribution >= 0.6 is 15.9 Å². The number of ether oxygens (including phenoxy) is 2. The topological polar surface area (TPSA) is 74.2 Å². The quantitative estimate of drug-likeness (QED) is 0.291. The van der Waals surface area contributed by atoms with Crippen molar-refractivity contribution in [2.24, 2.45) is 5.16 Å². The Bertz CT molecular complexity index is 741. The second-order valence-corrected chi connectivity index (χ2v) is 5.79. The SMILES string of the molecule is COc1ccc(/C=N\OCC(=O)OCC(=O)c2ccc(Br)cc2)cc1. The third-order valence-electron chi connectivity index (χ3n) is 3.10. The van der Waals surface area contributed by atoms with Crippen LogP contribution in [0.25, 0.3) is 0 Å². The molecule has 2 aromatic carbocycles. The van der Waals surface area contributed by atoms with Crippen LogP contribution in [0.4, 0.5) is 0 Å². The van der Waals surface area contributed by atoms with Gasteiger partial charge in [0.1, 0.15) is 5.75 Å². The van der Waals surface area contributed by atoms with Gasteiger partial charge in [-0.1, -0.05) is 33.2 Å². The largest absolute Gasteiger partial charge is 0.497 e. The number of oxime groups is 1. The van der Waals surface area contributed by atoms with Crippen molar-refractivity contribution in [3.8, 4) is 5.75 Å². The molecule has 0 N–H and O–H groups in total. The van der Waals surface area contributed by atoms with Crippen molar-refractivity contribution in [2.45, 2.75) is 0 Å². The van der Waals surface area contributed by atoms with E-state index >= 15 is 0 Å². The van der Waals surface area contributed by atoms with Crippen LogP contribution in [-0.4, -0.2) is 38.3 Å². The number of carbonyl (C=O) groups excluding carboxylic acids is 2. The highest BCUT2D eigenvalue weighted by molar-refractivity contribution is 9.10. The Morgan fingerprint density at radius 2 is 1.72 bits per heavy atom. The molecule has 2 rings (SSSR count). The van der Waals surface area contributed by atoms with E-state index in [0.29, 0.717) is 5.56 Å². The first-order valence-corrected chi connectivity index (χ1v) is 8.11. The maximum absolute atomic E-state index is 11.9. The Morgan fingerprint density at radius 3 is 2.36 bits per heavy atom. The fourth-order valence-electron chi connectivity index (χ4n) is 1.78. The molecule has 0 saturated heterocycles. The van der Waals surface area contributed by atoms with Crippen molar-refractivity contribution in [2.75, 3.05) is 20.3 Å². The van der Waals surface area contributed by atoms with Crippen LogP contribution in [0, 0.1) is 0 Å². The van der Waals surface area contributed by atoms with E-state index in [-0.39, 0.29) is 19.0 Å². The molecule has 0 aliphatic rings. The first-order valence-electron chi connectivity index (χ1n) is 7.32. The van der Waals surface area contributed by atoms with Crippen LogP contribution < -0.4 is 4.74 Å². The molecule has 7 heteroatoms. The van der Waals surface area contributed by atoms with Crippen molar-refractivity contribution in [1.29, 1.82) is 0 Å². The number of ketones is 1. The average Bonchev–Trinajstić information content (AvgIpc) is 2.64. The highest BCUT2D eigenvalue weighted by Crippen LogP contribution is 2.11. The van der Waals surface area contributed by atoms with Crippen molar-refractivity contribution in [3.05, 3.63) is 64.1 Å². The van der Waals surface area contributed by atoms with Gasteiger partial charge in [0, 0.05) is 10.0 Å². The van der Waals surface area contributed by atoms with Crippen LogP contribution in [-0.2, 0) is 14.4 Å². The number of rotatable bonds is 8. The molecule has 0 bridgehead atoms. The Morgan fingerprint density at radius 1 is 1.04 bits per heavy atom. The Balaban J connectivity index is 1.70. The predicted octanol–water partition coefficient (Wildman–Crippen LogP) is 3.23. The molecule has 6 nitrogen and oxygen atoms in total. The first-order chi connectivity index (χ1) is 12.1. The second kappa shape index (κ2) is 9.58. The summed E-state index contributed by atoms with van der Waals surface area (Å²) in [6, 6.07) is 13.9. The van der Waals surface area contributed by atoms with Gasteiger partial charge in [-0.25, -0.2) is 4.79 Å². The minimum absolute atomic E-state index is 0.289. The zero-order valence-corrected chi connectivity index (χ0v) is 15.1. The summed E-state index contributed by atoms with van der Waals surface area (Å²) in [6.07, 6.45) is 1.46. The molecule has 0 unspecified atom stereocenters. The lowest BCUT2D eigenvalue weighted by Gasteiger charge is -2.04. The molecule has 0 fully saturated rings. The average molecular weight is 406 g/mol. The van der Waals surface area contributed by atoms with Crippen molar-refractivity contribution >= 4 is 33.9 Å². The Kier molecular flexibility index (Phi) is 7.16. The highest BCUT2D eigenvalue weighted by atomic mass is 79.9. The van der Waals surface area contributed by atoms with Gasteiger partial charge in [-0.3, -0.25) is 4.79 Å². The molecule has 0 aromatic heterocycles. The number of hydrogen-bond donors (Lipinski definition) is 0. The maximum atomic E-state index is 11.9. The van der Waals surface area contributed by atoms with Gasteiger partial charge in [-0.05, 0) is 42.0 Å². The normalized spacial score (nSPS) is 10.5. The van der Waals surface area contributed by atoms with Crippen LogP contribution in [0.1, 0.15) is 15.9 Å².